The summed E-state index contributed by atoms with van der Waals surface area (Å²) in [4.78, 5) is 1.80. The van der Waals surface area contributed by atoms with Gasteiger partial charge in [-0.15, -0.1) is 0 Å². The Balaban J connectivity index is 2.04. The van der Waals surface area contributed by atoms with Crippen LogP contribution in [0.5, 0.6) is 0 Å². The molecule has 110 valence electrons. The SMILES string of the molecule is CCCCN1c2c(-c3ccccc3)ccc(C(F)(F)F)c21. The molecule has 0 amide bonds. The minimum Gasteiger partial charge on any atom is -0.337 e. The lowest BCUT2D eigenvalue weighted by Crippen LogP contribution is -2.07. The number of hydrogen-bond donors (Lipinski definition) is 0. The third kappa shape index (κ3) is 2.50. The van der Waals surface area contributed by atoms with Crippen LogP contribution in [0.25, 0.3) is 11.1 Å². The van der Waals surface area contributed by atoms with E-state index in [1.165, 1.54) is 6.07 Å². The van der Waals surface area contributed by atoms with Gasteiger partial charge in [0, 0.05) is 12.1 Å². The molecule has 2 aromatic carbocycles. The van der Waals surface area contributed by atoms with E-state index >= 15 is 0 Å². The molecule has 21 heavy (non-hydrogen) atoms. The van der Waals surface area contributed by atoms with Crippen LogP contribution in [0.2, 0.25) is 0 Å². The van der Waals surface area contributed by atoms with E-state index < -0.39 is 11.7 Å². The molecule has 0 aliphatic carbocycles. The average Bonchev–Trinajstić information content (AvgIpc) is 3.18. The minimum absolute atomic E-state index is 0.359. The molecule has 1 heterocycles. The first kappa shape index (κ1) is 14.0. The second-order valence-electron chi connectivity index (χ2n) is 5.23. The summed E-state index contributed by atoms with van der Waals surface area (Å²) < 4.78 is 39.3. The number of alkyl halides is 3. The first-order valence-corrected chi connectivity index (χ1v) is 7.11. The first-order chi connectivity index (χ1) is 10.0. The van der Waals surface area contributed by atoms with E-state index in [0.29, 0.717) is 12.2 Å². The molecule has 0 N–H and O–H groups in total. The molecule has 0 saturated heterocycles. The summed E-state index contributed by atoms with van der Waals surface area (Å²) in [6.07, 6.45) is -2.44. The van der Waals surface area contributed by atoms with E-state index in [1.807, 2.05) is 37.3 Å². The van der Waals surface area contributed by atoms with E-state index in [1.54, 1.807) is 11.0 Å². The van der Waals surface area contributed by atoms with Crippen molar-refractivity contribution in [2.75, 3.05) is 11.4 Å². The highest BCUT2D eigenvalue weighted by molar-refractivity contribution is 6.05. The van der Waals surface area contributed by atoms with Gasteiger partial charge in [-0.3, -0.25) is 0 Å². The Morgan fingerprint density at radius 3 is 2.29 bits per heavy atom. The summed E-state index contributed by atoms with van der Waals surface area (Å²) in [5, 5.41) is 0. The van der Waals surface area contributed by atoms with Crippen molar-refractivity contribution in [2.45, 2.75) is 25.9 Å². The van der Waals surface area contributed by atoms with E-state index in [-0.39, 0.29) is 0 Å². The van der Waals surface area contributed by atoms with Gasteiger partial charge in [-0.2, -0.15) is 13.2 Å². The Kier molecular flexibility index (Phi) is 3.40. The molecule has 2 aromatic rings. The van der Waals surface area contributed by atoms with Crippen LogP contribution in [-0.2, 0) is 6.18 Å². The van der Waals surface area contributed by atoms with Crippen molar-refractivity contribution < 1.29 is 13.2 Å². The normalized spacial score (nSPS) is 13.2. The van der Waals surface area contributed by atoms with Crippen LogP contribution in [0.4, 0.5) is 24.5 Å². The predicted octanol–water partition coefficient (Wildman–Crippen LogP) is 5.62. The van der Waals surface area contributed by atoms with Crippen molar-refractivity contribution in [3.05, 3.63) is 48.0 Å². The van der Waals surface area contributed by atoms with Crippen molar-refractivity contribution in [3.8, 4) is 11.1 Å². The van der Waals surface area contributed by atoms with Crippen LogP contribution in [0.3, 0.4) is 0 Å². The van der Waals surface area contributed by atoms with Crippen LogP contribution < -0.4 is 4.90 Å². The van der Waals surface area contributed by atoms with Crippen molar-refractivity contribution in [1.29, 1.82) is 0 Å². The van der Waals surface area contributed by atoms with Gasteiger partial charge in [0.05, 0.1) is 16.9 Å². The van der Waals surface area contributed by atoms with Crippen molar-refractivity contribution in [2.24, 2.45) is 0 Å². The lowest BCUT2D eigenvalue weighted by Gasteiger charge is -2.06. The fourth-order valence-corrected chi connectivity index (χ4v) is 2.69. The van der Waals surface area contributed by atoms with Crippen LogP contribution in [0, 0.1) is 0 Å². The third-order valence-corrected chi connectivity index (χ3v) is 3.77. The smallest absolute Gasteiger partial charge is 0.337 e. The number of anilines is 2. The second-order valence-corrected chi connectivity index (χ2v) is 5.23. The molecule has 4 heteroatoms. The molecule has 0 fully saturated rings. The highest BCUT2D eigenvalue weighted by Crippen LogP contribution is 2.59. The summed E-state index contributed by atoms with van der Waals surface area (Å²) in [5.41, 5.74) is 2.42. The van der Waals surface area contributed by atoms with Crippen LogP contribution >= 0.6 is 0 Å². The summed E-state index contributed by atoms with van der Waals surface area (Å²) >= 11 is 0. The molecule has 1 aliphatic rings. The Morgan fingerprint density at radius 2 is 1.67 bits per heavy atom. The monoisotopic (exact) mass is 291 g/mol. The zero-order valence-corrected chi connectivity index (χ0v) is 11.7. The van der Waals surface area contributed by atoms with Crippen molar-refractivity contribution in [3.63, 3.8) is 0 Å². The molecule has 0 atom stereocenters. The fourth-order valence-electron chi connectivity index (χ4n) is 2.69. The highest BCUT2D eigenvalue weighted by Gasteiger charge is 2.44. The van der Waals surface area contributed by atoms with E-state index in [2.05, 4.69) is 0 Å². The number of hydrogen-bond acceptors (Lipinski definition) is 1. The summed E-state index contributed by atoms with van der Waals surface area (Å²) in [5.74, 6) is 0. The van der Waals surface area contributed by atoms with Crippen molar-refractivity contribution >= 4 is 11.4 Å². The van der Waals surface area contributed by atoms with Gasteiger partial charge in [0.1, 0.15) is 0 Å². The molecule has 1 nitrogen and oxygen atoms in total. The van der Waals surface area contributed by atoms with Gasteiger partial charge in [0.2, 0.25) is 0 Å². The molecule has 0 radical (unpaired) electrons. The zero-order chi connectivity index (χ0) is 15.0. The number of rotatable bonds is 4. The molecular weight excluding hydrogens is 275 g/mol. The van der Waals surface area contributed by atoms with Gasteiger partial charge in [0.15, 0.2) is 0 Å². The molecule has 0 unspecified atom stereocenters. The molecule has 3 rings (SSSR count). The van der Waals surface area contributed by atoms with Crippen LogP contribution in [0.1, 0.15) is 25.3 Å². The summed E-state index contributed by atoms with van der Waals surface area (Å²) in [6, 6.07) is 12.4. The molecule has 0 aromatic heterocycles. The van der Waals surface area contributed by atoms with Gasteiger partial charge < -0.3 is 4.90 Å². The average molecular weight is 291 g/mol. The Morgan fingerprint density at radius 1 is 0.952 bits per heavy atom. The van der Waals surface area contributed by atoms with Gasteiger partial charge in [0.25, 0.3) is 0 Å². The topological polar surface area (TPSA) is 3.01 Å². The first-order valence-electron chi connectivity index (χ1n) is 7.11. The summed E-state index contributed by atoms with van der Waals surface area (Å²) in [7, 11) is 0. The van der Waals surface area contributed by atoms with Gasteiger partial charge in [-0.25, -0.2) is 0 Å². The van der Waals surface area contributed by atoms with Crippen LogP contribution in [-0.4, -0.2) is 6.54 Å². The number of unbranched alkanes of at least 4 members (excludes halogenated alkanes) is 1. The van der Waals surface area contributed by atoms with Gasteiger partial charge in [-0.1, -0.05) is 49.7 Å². The Labute approximate surface area is 122 Å². The number of halogens is 3. The van der Waals surface area contributed by atoms with E-state index in [4.69, 9.17) is 0 Å². The highest BCUT2D eigenvalue weighted by atomic mass is 19.4. The van der Waals surface area contributed by atoms with Crippen LogP contribution in [0.15, 0.2) is 42.5 Å². The Hall–Kier alpha value is -1.97. The fraction of sp³-hybridized carbons (Fsp3) is 0.294. The molecule has 0 spiro atoms. The lowest BCUT2D eigenvalue weighted by atomic mass is 10.0. The van der Waals surface area contributed by atoms with Gasteiger partial charge in [-0.05, 0) is 18.1 Å². The minimum atomic E-state index is -4.29. The number of nitrogens with zero attached hydrogens (tertiary/aromatic N) is 1. The van der Waals surface area contributed by atoms with Gasteiger partial charge >= 0.3 is 6.18 Å². The quantitative estimate of drug-likeness (QED) is 0.660. The standard InChI is InChI=1S/C17H16F3N/c1-2-3-11-21-15-13(12-7-5-4-6-8-12)9-10-14(16(15)21)17(18,19)20/h4-10H,2-3,11H2,1H3. The number of benzene rings is 2. The maximum Gasteiger partial charge on any atom is 0.418 e. The third-order valence-electron chi connectivity index (χ3n) is 3.77. The molecular formula is C17H16F3N. The maximum atomic E-state index is 13.1. The predicted molar refractivity (Wildman–Crippen MR) is 78.8 cm³/mol. The largest absolute Gasteiger partial charge is 0.418 e. The zero-order valence-electron chi connectivity index (χ0n) is 11.7. The molecule has 1 aliphatic heterocycles. The van der Waals surface area contributed by atoms with E-state index in [0.717, 1.165) is 29.7 Å². The van der Waals surface area contributed by atoms with E-state index in [9.17, 15) is 13.2 Å². The number of fused-ring (bicyclic) bond motifs is 1. The lowest BCUT2D eigenvalue weighted by molar-refractivity contribution is -0.136. The molecule has 0 saturated carbocycles. The second kappa shape index (κ2) is 5.10. The Bertz CT molecular complexity index is 647. The maximum absolute atomic E-state index is 13.1. The molecule has 0 bridgehead atoms. The van der Waals surface area contributed by atoms with Crippen molar-refractivity contribution in [1.82, 2.24) is 0 Å². The summed E-state index contributed by atoms with van der Waals surface area (Å²) in [6.45, 7) is 2.69.